The van der Waals surface area contributed by atoms with Crippen LogP contribution in [0.25, 0.3) is 0 Å². The lowest BCUT2D eigenvalue weighted by molar-refractivity contribution is -0.136. The Bertz CT molecular complexity index is 528. The summed E-state index contributed by atoms with van der Waals surface area (Å²) in [7, 11) is 0. The number of Topliss-reactive ketones (excluding diaryl/α,β-unsaturated/α-hetero) is 1. The molecule has 0 unspecified atom stereocenters. The second-order valence-electron chi connectivity index (χ2n) is 4.79. The minimum Gasteiger partial charge on any atom is -0.493 e. The third-order valence-corrected chi connectivity index (χ3v) is 3.12. The van der Waals surface area contributed by atoms with Crippen LogP contribution in [0.4, 0.5) is 0 Å². The smallest absolute Gasteiger partial charge is 0.303 e. The normalized spacial score (nSPS) is 10.3. The Morgan fingerprint density at radius 2 is 1.64 bits per heavy atom. The number of ketones is 1. The Morgan fingerprint density at radius 3 is 2.18 bits per heavy atom. The van der Waals surface area contributed by atoms with E-state index in [1.165, 1.54) is 6.07 Å². The number of carboxylic acid groups (broad SMARTS) is 1. The molecule has 0 aliphatic rings. The van der Waals surface area contributed by atoms with Gasteiger partial charge in [0, 0.05) is 12.5 Å². The van der Waals surface area contributed by atoms with Crippen LogP contribution in [0.3, 0.4) is 0 Å². The van der Waals surface area contributed by atoms with Crippen LogP contribution in [-0.4, -0.2) is 30.1 Å². The molecular weight excluding hydrogens is 308 g/mol. The first-order valence-electron chi connectivity index (χ1n) is 7.33. The summed E-state index contributed by atoms with van der Waals surface area (Å²) < 4.78 is 11.1. The number of rotatable bonds is 10. The van der Waals surface area contributed by atoms with Gasteiger partial charge in [0.15, 0.2) is 5.78 Å². The number of aliphatic carboxylic acids is 1. The molecule has 0 saturated carbocycles. The van der Waals surface area contributed by atoms with Crippen molar-refractivity contribution in [3.63, 3.8) is 0 Å². The molecule has 22 heavy (non-hydrogen) atoms. The molecule has 1 aromatic rings. The lowest BCUT2D eigenvalue weighted by atomic mass is 10.0. The molecule has 0 radical (unpaired) electrons. The fourth-order valence-electron chi connectivity index (χ4n) is 1.76. The number of halogens is 1. The molecule has 0 aliphatic heterocycles. The lowest BCUT2D eigenvalue weighted by Crippen LogP contribution is -2.08. The summed E-state index contributed by atoms with van der Waals surface area (Å²) in [5.41, 5.74) is 0.310. The fourth-order valence-corrected chi connectivity index (χ4v) is 1.97. The summed E-state index contributed by atoms with van der Waals surface area (Å²) in [6.45, 7) is 4.85. The van der Waals surface area contributed by atoms with Crippen molar-refractivity contribution in [1.29, 1.82) is 0 Å². The predicted molar refractivity (Wildman–Crippen MR) is 84.2 cm³/mol. The van der Waals surface area contributed by atoms with Crippen LogP contribution in [0.5, 0.6) is 11.5 Å². The maximum absolute atomic E-state index is 12.2. The summed E-state index contributed by atoms with van der Waals surface area (Å²) in [4.78, 5) is 22.9. The van der Waals surface area contributed by atoms with Crippen LogP contribution in [0, 0.1) is 0 Å². The van der Waals surface area contributed by atoms with Gasteiger partial charge in [0.2, 0.25) is 0 Å². The summed E-state index contributed by atoms with van der Waals surface area (Å²) in [6, 6.07) is 3.09. The molecule has 0 atom stereocenters. The van der Waals surface area contributed by atoms with Gasteiger partial charge in [-0.2, -0.15) is 0 Å². The van der Waals surface area contributed by atoms with Crippen LogP contribution in [0.2, 0.25) is 5.02 Å². The number of carbonyl (C=O) groups excluding carboxylic acids is 1. The first-order chi connectivity index (χ1) is 10.5. The Hall–Kier alpha value is -1.75. The van der Waals surface area contributed by atoms with Crippen molar-refractivity contribution in [3.8, 4) is 11.5 Å². The number of ether oxygens (including phenoxy) is 2. The van der Waals surface area contributed by atoms with Gasteiger partial charge < -0.3 is 14.6 Å². The predicted octanol–water partition coefficient (Wildman–Crippen LogP) is 3.97. The van der Waals surface area contributed by atoms with E-state index in [1.54, 1.807) is 6.07 Å². The molecule has 0 saturated heterocycles. The highest BCUT2D eigenvalue weighted by Crippen LogP contribution is 2.34. The van der Waals surface area contributed by atoms with Crippen LogP contribution in [0.1, 0.15) is 49.9 Å². The van der Waals surface area contributed by atoms with Gasteiger partial charge in [-0.15, -0.1) is 0 Å². The van der Waals surface area contributed by atoms with Crippen LogP contribution < -0.4 is 9.47 Å². The quantitative estimate of drug-likeness (QED) is 0.658. The van der Waals surface area contributed by atoms with E-state index in [0.717, 1.165) is 12.8 Å². The van der Waals surface area contributed by atoms with Crippen molar-refractivity contribution < 1.29 is 24.2 Å². The van der Waals surface area contributed by atoms with Gasteiger partial charge in [-0.25, -0.2) is 0 Å². The zero-order chi connectivity index (χ0) is 16.5. The first-order valence-corrected chi connectivity index (χ1v) is 7.71. The van der Waals surface area contributed by atoms with Gasteiger partial charge in [-0.1, -0.05) is 25.4 Å². The molecule has 122 valence electrons. The maximum atomic E-state index is 12.2. The number of hydrogen-bond acceptors (Lipinski definition) is 4. The lowest BCUT2D eigenvalue weighted by Gasteiger charge is -2.14. The fraction of sp³-hybridized carbons (Fsp3) is 0.500. The highest BCUT2D eigenvalue weighted by molar-refractivity contribution is 6.32. The van der Waals surface area contributed by atoms with Crippen molar-refractivity contribution in [1.82, 2.24) is 0 Å². The summed E-state index contributed by atoms with van der Waals surface area (Å²) in [5.74, 6) is -0.538. The molecule has 1 aromatic carbocycles. The van der Waals surface area contributed by atoms with E-state index >= 15 is 0 Å². The van der Waals surface area contributed by atoms with E-state index in [0.29, 0.717) is 35.3 Å². The van der Waals surface area contributed by atoms with Gasteiger partial charge in [0.25, 0.3) is 0 Å². The molecule has 0 aromatic heterocycles. The molecule has 5 nitrogen and oxygen atoms in total. The summed E-state index contributed by atoms with van der Waals surface area (Å²) >= 11 is 6.14. The number of benzene rings is 1. The first kappa shape index (κ1) is 18.3. The second-order valence-corrected chi connectivity index (χ2v) is 5.20. The molecule has 0 bridgehead atoms. The van der Waals surface area contributed by atoms with Crippen LogP contribution in [-0.2, 0) is 4.79 Å². The second kappa shape index (κ2) is 9.30. The molecular formula is C16H21ClO5. The Labute approximate surface area is 135 Å². The highest BCUT2D eigenvalue weighted by atomic mass is 35.5. The minimum absolute atomic E-state index is 0.0906. The van der Waals surface area contributed by atoms with Crippen molar-refractivity contribution >= 4 is 23.4 Å². The average molecular weight is 329 g/mol. The summed E-state index contributed by atoms with van der Waals surface area (Å²) in [5, 5.41) is 9.08. The van der Waals surface area contributed by atoms with Gasteiger partial charge >= 0.3 is 5.97 Å². The maximum Gasteiger partial charge on any atom is 0.303 e. The molecule has 6 heteroatoms. The van der Waals surface area contributed by atoms with Gasteiger partial charge in [0.05, 0.1) is 30.2 Å². The van der Waals surface area contributed by atoms with E-state index in [4.69, 9.17) is 26.2 Å². The Balaban J connectivity index is 3.05. The zero-order valence-corrected chi connectivity index (χ0v) is 13.6. The standard InChI is InChI=1S/C16H21ClO5/c1-3-7-21-14-10-12(17)15(22-8-4-2)9-11(14)13(18)5-6-16(19)20/h9-10H,3-8H2,1-2H3,(H,19,20). The van der Waals surface area contributed by atoms with Crippen molar-refractivity contribution in [2.24, 2.45) is 0 Å². The number of carboxylic acids is 1. The average Bonchev–Trinajstić information content (AvgIpc) is 2.49. The van der Waals surface area contributed by atoms with Crippen molar-refractivity contribution in [3.05, 3.63) is 22.7 Å². The molecule has 0 spiro atoms. The SMILES string of the molecule is CCCOc1cc(C(=O)CCC(=O)O)c(OCCC)cc1Cl. The van der Waals surface area contributed by atoms with Crippen molar-refractivity contribution in [2.75, 3.05) is 13.2 Å². The highest BCUT2D eigenvalue weighted by Gasteiger charge is 2.18. The molecule has 1 rings (SSSR count). The van der Waals surface area contributed by atoms with E-state index < -0.39 is 5.97 Å². The molecule has 0 aliphatic carbocycles. The third-order valence-electron chi connectivity index (χ3n) is 2.82. The summed E-state index contributed by atoms with van der Waals surface area (Å²) in [6.07, 6.45) is 1.29. The van der Waals surface area contributed by atoms with E-state index in [-0.39, 0.29) is 18.6 Å². The number of hydrogen-bond donors (Lipinski definition) is 1. The topological polar surface area (TPSA) is 72.8 Å². The van der Waals surface area contributed by atoms with E-state index in [1.807, 2.05) is 13.8 Å². The van der Waals surface area contributed by atoms with Crippen LogP contribution >= 0.6 is 11.6 Å². The van der Waals surface area contributed by atoms with E-state index in [9.17, 15) is 9.59 Å². The molecule has 0 amide bonds. The van der Waals surface area contributed by atoms with E-state index in [2.05, 4.69) is 0 Å². The number of carbonyl (C=O) groups is 2. The Morgan fingerprint density at radius 1 is 1.05 bits per heavy atom. The van der Waals surface area contributed by atoms with Gasteiger partial charge in [0.1, 0.15) is 11.5 Å². The van der Waals surface area contributed by atoms with Gasteiger partial charge in [-0.05, 0) is 18.9 Å². The van der Waals surface area contributed by atoms with Crippen LogP contribution in [0.15, 0.2) is 12.1 Å². The third kappa shape index (κ3) is 5.56. The molecule has 1 N–H and O–H groups in total. The zero-order valence-electron chi connectivity index (χ0n) is 12.9. The molecule has 0 heterocycles. The van der Waals surface area contributed by atoms with Crippen molar-refractivity contribution in [2.45, 2.75) is 39.5 Å². The van der Waals surface area contributed by atoms with Gasteiger partial charge in [-0.3, -0.25) is 9.59 Å². The minimum atomic E-state index is -1.01. The Kier molecular flexibility index (Phi) is 7.74. The largest absolute Gasteiger partial charge is 0.493 e. The molecule has 0 fully saturated rings. The monoisotopic (exact) mass is 328 g/mol.